The molecule has 0 saturated carbocycles. The van der Waals surface area contributed by atoms with Crippen molar-refractivity contribution in [2.24, 2.45) is 40.0 Å². The van der Waals surface area contributed by atoms with Gasteiger partial charge in [0, 0.05) is 13.0 Å². The molecule has 3 unspecified atom stereocenters. The van der Waals surface area contributed by atoms with Crippen LogP contribution in [0.25, 0.3) is 0 Å². The van der Waals surface area contributed by atoms with Gasteiger partial charge in [0.15, 0.2) is 0 Å². The van der Waals surface area contributed by atoms with E-state index >= 15 is 0 Å². The molecule has 1 aromatic carbocycles. The first-order valence-electron chi connectivity index (χ1n) is 30.0. The first-order valence-corrected chi connectivity index (χ1v) is 30.0. The van der Waals surface area contributed by atoms with E-state index in [0.717, 1.165) is 13.3 Å². The Kier molecular flexibility index (Phi) is 34.4. The normalized spacial score (nSPS) is 22.3. The summed E-state index contributed by atoms with van der Waals surface area (Å²) in [7, 11) is 0. The maximum Gasteiger partial charge on any atom is 0.311 e. The Balaban J connectivity index is 2.65. The first-order chi connectivity index (χ1) is 41.6. The molecule has 12 atom stereocenters. The summed E-state index contributed by atoms with van der Waals surface area (Å²) in [4.78, 5) is 167. The van der Waals surface area contributed by atoms with Gasteiger partial charge < -0.3 is 102 Å². The van der Waals surface area contributed by atoms with Crippen molar-refractivity contribution in [3.05, 3.63) is 35.9 Å². The van der Waals surface area contributed by atoms with E-state index in [1.807, 2.05) is 6.92 Å². The van der Waals surface area contributed by atoms with Gasteiger partial charge >= 0.3 is 5.97 Å². The number of benzene rings is 1. The van der Waals surface area contributed by atoms with E-state index in [-0.39, 0.29) is 96.6 Å². The first kappa shape index (κ1) is 76.7. The molecule has 0 radical (unpaired) electrons. The molecule has 1 fully saturated rings. The number of nitrogens with one attached hydrogen (secondary N) is 11. The zero-order valence-electron chi connectivity index (χ0n) is 51.7. The fourth-order valence-corrected chi connectivity index (χ4v) is 9.30. The molecule has 88 heavy (non-hydrogen) atoms. The minimum Gasteiger partial charge on any atom is -0.465 e. The highest BCUT2D eigenvalue weighted by molar-refractivity contribution is 5.99. The van der Waals surface area contributed by atoms with Crippen LogP contribution in [-0.4, -0.2) is 200 Å². The Hall–Kier alpha value is -7.42. The van der Waals surface area contributed by atoms with Crippen LogP contribution < -0.4 is 87.2 Å². The van der Waals surface area contributed by atoms with Crippen LogP contribution in [0.4, 0.5) is 0 Å². The highest BCUT2D eigenvalue weighted by Gasteiger charge is 2.38. The lowest BCUT2D eigenvalue weighted by Gasteiger charge is -2.29. The number of ether oxygens (including phenoxy) is 1. The Bertz CT molecular complexity index is 2470. The third kappa shape index (κ3) is 26.5. The van der Waals surface area contributed by atoms with Gasteiger partial charge in [-0.1, -0.05) is 57.5 Å². The molecule has 11 amide bonds. The van der Waals surface area contributed by atoms with Crippen LogP contribution in [0.1, 0.15) is 118 Å². The standard InChI is InChI=1S/C57H98N16O15/c1-8-21-57(6,7)56(87)88-28-20-43(76)64-35(14-22-58)50(81)73-45(33(5)75)55(86)69-38(17-25-61)47(78)68-40-19-27-63-54(85)44(32(4)74)72-51(82)39(18-26-62)66-46(77)36(15-23-59)67-52(83)41(29-31(2)3)70-53(84)42(30-34-12-10-9-11-13-34)71-48(79)37(16-24-60)65-49(40)80/h9-13,31-33,35-42,44-45,74-75H,8,14-30,58-62H2,1-7H3,(H,63,85)(H,64,76)(H,65,80)(H,66,77)(H,67,83)(H,68,78)(H,69,86)(H,70,84)(H,71,79)(H,72,82)(H,73,81)/t32?,33?,35-,36-,37-,38-,39-,40-,41-,42+,44?,45-/m0/s1. The van der Waals surface area contributed by atoms with Crippen LogP contribution in [0, 0.1) is 11.3 Å². The predicted octanol–water partition coefficient (Wildman–Crippen LogP) is -6.09. The summed E-state index contributed by atoms with van der Waals surface area (Å²) in [6, 6.07) is -6.69. The number of carbonyl (C=O) groups is 12. The molecule has 0 aromatic heterocycles. The fourth-order valence-electron chi connectivity index (χ4n) is 9.30. The summed E-state index contributed by atoms with van der Waals surface area (Å²) >= 11 is 0. The molecule has 23 N–H and O–H groups in total. The molecule has 0 spiro atoms. The van der Waals surface area contributed by atoms with E-state index in [0.29, 0.717) is 12.0 Å². The SMILES string of the molecule is CCCC(C)(C)C(=O)OCCC(=O)N[C@@H](CCN)C(=O)N[C@H](C(=O)N[C@@H](CCN)C(=O)N[C@H]1CCNC(=O)C(C(C)O)NC(=O)[C@H](CCN)NC(=O)[C@H](CCN)NC(=O)[C@H](CC(C)C)NC(=O)[C@@H](Cc2ccccc2)NC(=O)[C@H](CCN)NC1=O)C(C)O. The van der Waals surface area contributed by atoms with Crippen molar-refractivity contribution >= 4 is 70.9 Å². The van der Waals surface area contributed by atoms with E-state index in [9.17, 15) is 67.7 Å². The number of hydrogen-bond acceptors (Lipinski definition) is 20. The largest absolute Gasteiger partial charge is 0.465 e. The minimum absolute atomic E-state index is 0.0337. The van der Waals surface area contributed by atoms with Crippen molar-refractivity contribution in [2.45, 2.75) is 192 Å². The Morgan fingerprint density at radius 3 is 1.60 bits per heavy atom. The molecule has 496 valence electrons. The lowest BCUT2D eigenvalue weighted by atomic mass is 9.88. The van der Waals surface area contributed by atoms with Crippen LogP contribution in [0.5, 0.6) is 0 Å². The zero-order chi connectivity index (χ0) is 66.3. The Labute approximate surface area is 513 Å². The molecule has 0 aliphatic carbocycles. The van der Waals surface area contributed by atoms with Crippen LogP contribution in [0.3, 0.4) is 0 Å². The summed E-state index contributed by atoms with van der Waals surface area (Å²) in [6.45, 7) is 9.59. The van der Waals surface area contributed by atoms with Crippen molar-refractivity contribution in [1.29, 1.82) is 0 Å². The van der Waals surface area contributed by atoms with E-state index in [1.54, 1.807) is 58.0 Å². The number of carbonyl (C=O) groups excluding carboxylic acids is 12. The summed E-state index contributed by atoms with van der Waals surface area (Å²) < 4.78 is 5.29. The fraction of sp³-hybridized carbons (Fsp3) is 0.684. The number of aliphatic hydroxyl groups excluding tert-OH is 2. The quantitative estimate of drug-likeness (QED) is 0.0332. The molecule has 1 aliphatic rings. The lowest BCUT2D eigenvalue weighted by Crippen LogP contribution is -2.62. The third-order valence-corrected chi connectivity index (χ3v) is 14.2. The van der Waals surface area contributed by atoms with Gasteiger partial charge in [0.1, 0.15) is 67.0 Å². The van der Waals surface area contributed by atoms with E-state index < -0.39 is 162 Å². The molecule has 0 bridgehead atoms. The zero-order valence-corrected chi connectivity index (χ0v) is 51.7. The van der Waals surface area contributed by atoms with Gasteiger partial charge in [-0.25, -0.2) is 0 Å². The van der Waals surface area contributed by atoms with Gasteiger partial charge in [0.05, 0.1) is 24.0 Å². The molecule has 2 rings (SSSR count). The average Bonchev–Trinajstić information content (AvgIpc) is 3.65. The lowest BCUT2D eigenvalue weighted by molar-refractivity contribution is -0.155. The highest BCUT2D eigenvalue weighted by Crippen LogP contribution is 2.24. The number of nitrogens with two attached hydrogens (primary N) is 5. The maximum atomic E-state index is 14.6. The predicted molar refractivity (Wildman–Crippen MR) is 323 cm³/mol. The smallest absolute Gasteiger partial charge is 0.311 e. The summed E-state index contributed by atoms with van der Waals surface area (Å²) in [5.74, 6) is -11.1. The number of rotatable bonds is 29. The molecular formula is C57H98N16O15. The molecule has 1 saturated heterocycles. The van der Waals surface area contributed by atoms with Crippen LogP contribution in [-0.2, 0) is 68.7 Å². The van der Waals surface area contributed by atoms with Gasteiger partial charge in [-0.2, -0.15) is 0 Å². The second-order valence-corrected chi connectivity index (χ2v) is 22.8. The molecular weight excluding hydrogens is 1150 g/mol. The number of esters is 1. The van der Waals surface area contributed by atoms with Crippen LogP contribution in [0.2, 0.25) is 0 Å². The minimum atomic E-state index is -1.78. The topological polar surface area (TPSA) is 517 Å². The summed E-state index contributed by atoms with van der Waals surface area (Å²) in [5.41, 5.74) is 29.1. The molecule has 1 aromatic rings. The number of amides is 11. The second-order valence-electron chi connectivity index (χ2n) is 22.8. The van der Waals surface area contributed by atoms with Crippen molar-refractivity contribution in [2.75, 3.05) is 45.9 Å². The van der Waals surface area contributed by atoms with E-state index in [4.69, 9.17) is 33.4 Å². The van der Waals surface area contributed by atoms with E-state index in [1.165, 1.54) is 6.92 Å². The average molecular weight is 1250 g/mol. The van der Waals surface area contributed by atoms with Gasteiger partial charge in [0.25, 0.3) is 0 Å². The van der Waals surface area contributed by atoms with Gasteiger partial charge in [-0.15, -0.1) is 0 Å². The summed E-state index contributed by atoms with van der Waals surface area (Å²) in [5, 5.41) is 49.3. The summed E-state index contributed by atoms with van der Waals surface area (Å²) in [6.07, 6.45) is -3.88. The monoisotopic (exact) mass is 1250 g/mol. The third-order valence-electron chi connectivity index (χ3n) is 14.2. The Morgan fingerprint density at radius 1 is 0.614 bits per heavy atom. The van der Waals surface area contributed by atoms with Crippen molar-refractivity contribution in [1.82, 2.24) is 58.5 Å². The van der Waals surface area contributed by atoms with Gasteiger partial charge in [-0.05, 0) is 123 Å². The van der Waals surface area contributed by atoms with Crippen LogP contribution in [0.15, 0.2) is 30.3 Å². The highest BCUT2D eigenvalue weighted by atomic mass is 16.5. The van der Waals surface area contributed by atoms with Gasteiger partial charge in [0.2, 0.25) is 65.0 Å². The Morgan fingerprint density at radius 2 is 1.10 bits per heavy atom. The van der Waals surface area contributed by atoms with Crippen LogP contribution >= 0.6 is 0 Å². The maximum absolute atomic E-state index is 14.6. The second kappa shape index (κ2) is 39.5. The van der Waals surface area contributed by atoms with Crippen molar-refractivity contribution in [3.8, 4) is 0 Å². The van der Waals surface area contributed by atoms with Crippen molar-refractivity contribution < 1.29 is 72.5 Å². The molecule has 31 heteroatoms. The van der Waals surface area contributed by atoms with E-state index in [2.05, 4.69) is 58.5 Å². The number of aliphatic hydroxyl groups is 2. The van der Waals surface area contributed by atoms with Gasteiger partial charge in [-0.3, -0.25) is 57.5 Å². The molecule has 1 aliphatic heterocycles. The molecule has 31 nitrogen and oxygen atoms in total. The van der Waals surface area contributed by atoms with Crippen molar-refractivity contribution in [3.63, 3.8) is 0 Å². The number of hydrogen-bond donors (Lipinski definition) is 18. The molecule has 1 heterocycles.